The van der Waals surface area contributed by atoms with Crippen molar-refractivity contribution in [2.45, 2.75) is 40.0 Å². The van der Waals surface area contributed by atoms with Crippen LogP contribution in [-0.2, 0) is 9.59 Å². The molecule has 3 N–H and O–H groups in total. The molecule has 20 heavy (non-hydrogen) atoms. The Morgan fingerprint density at radius 3 is 2.50 bits per heavy atom. The molecule has 118 valence electrons. The van der Waals surface area contributed by atoms with E-state index in [1.807, 2.05) is 20.8 Å². The van der Waals surface area contributed by atoms with Crippen molar-refractivity contribution in [1.29, 1.82) is 0 Å². The lowest BCUT2D eigenvalue weighted by molar-refractivity contribution is -0.131. The Labute approximate surface area is 128 Å². The van der Waals surface area contributed by atoms with Gasteiger partial charge in [-0.1, -0.05) is 20.8 Å². The summed E-state index contributed by atoms with van der Waals surface area (Å²) in [4.78, 5) is 23.2. The first-order valence-corrected chi connectivity index (χ1v) is 7.15. The number of carbonyl (C=O) groups excluding carboxylic acids is 2. The van der Waals surface area contributed by atoms with Crippen molar-refractivity contribution in [2.24, 2.45) is 11.3 Å². The van der Waals surface area contributed by atoms with E-state index in [1.54, 1.807) is 0 Å². The quantitative estimate of drug-likeness (QED) is 0.712. The molecule has 0 aromatic rings. The van der Waals surface area contributed by atoms with E-state index in [0.717, 1.165) is 19.5 Å². The SMILES string of the molecule is CC(C)(C)C(=O)NCC(=O)NCCC1CCCNC1.Cl. The summed E-state index contributed by atoms with van der Waals surface area (Å²) in [6.45, 7) is 8.41. The number of hydrogen-bond donors (Lipinski definition) is 3. The van der Waals surface area contributed by atoms with Crippen molar-refractivity contribution in [3.05, 3.63) is 0 Å². The highest BCUT2D eigenvalue weighted by molar-refractivity contribution is 5.87. The van der Waals surface area contributed by atoms with E-state index in [-0.39, 0.29) is 30.8 Å². The fraction of sp³-hybridized carbons (Fsp3) is 0.857. The minimum absolute atomic E-state index is 0. The largest absolute Gasteiger partial charge is 0.355 e. The maximum Gasteiger partial charge on any atom is 0.239 e. The van der Waals surface area contributed by atoms with Gasteiger partial charge in [0.15, 0.2) is 0 Å². The summed E-state index contributed by atoms with van der Waals surface area (Å²) < 4.78 is 0. The number of piperidine rings is 1. The standard InChI is InChI=1S/C14H27N3O2.ClH/c1-14(2,3)13(19)17-10-12(18)16-8-6-11-5-4-7-15-9-11;/h11,15H,4-10H2,1-3H3,(H,16,18)(H,17,19);1H. The number of halogens is 1. The lowest BCUT2D eigenvalue weighted by Crippen LogP contribution is -2.42. The minimum atomic E-state index is -0.450. The zero-order chi connectivity index (χ0) is 14.3. The Balaban J connectivity index is 0.00000361. The van der Waals surface area contributed by atoms with Crippen LogP contribution < -0.4 is 16.0 Å². The Morgan fingerprint density at radius 2 is 1.95 bits per heavy atom. The number of amides is 2. The van der Waals surface area contributed by atoms with Crippen molar-refractivity contribution in [3.8, 4) is 0 Å². The smallest absolute Gasteiger partial charge is 0.239 e. The monoisotopic (exact) mass is 305 g/mol. The number of hydrogen-bond acceptors (Lipinski definition) is 3. The van der Waals surface area contributed by atoms with Crippen LogP contribution in [0.3, 0.4) is 0 Å². The van der Waals surface area contributed by atoms with Gasteiger partial charge in [-0.05, 0) is 38.3 Å². The first-order chi connectivity index (χ1) is 8.89. The third kappa shape index (κ3) is 7.70. The van der Waals surface area contributed by atoms with Crippen molar-refractivity contribution < 1.29 is 9.59 Å². The fourth-order valence-corrected chi connectivity index (χ4v) is 2.07. The van der Waals surface area contributed by atoms with Crippen molar-refractivity contribution in [3.63, 3.8) is 0 Å². The summed E-state index contributed by atoms with van der Waals surface area (Å²) in [5, 5.41) is 8.86. The first-order valence-electron chi connectivity index (χ1n) is 7.15. The van der Waals surface area contributed by atoms with Crippen LogP contribution >= 0.6 is 12.4 Å². The summed E-state index contributed by atoms with van der Waals surface area (Å²) in [6.07, 6.45) is 3.47. The molecule has 1 heterocycles. The summed E-state index contributed by atoms with van der Waals surface area (Å²) >= 11 is 0. The van der Waals surface area contributed by atoms with Crippen LogP contribution in [0.5, 0.6) is 0 Å². The molecule has 1 atom stereocenters. The minimum Gasteiger partial charge on any atom is -0.355 e. The molecule has 2 amide bonds. The molecule has 0 aromatic carbocycles. The predicted molar refractivity (Wildman–Crippen MR) is 82.9 cm³/mol. The zero-order valence-electron chi connectivity index (χ0n) is 12.8. The molecule has 5 nitrogen and oxygen atoms in total. The first kappa shape index (κ1) is 19.2. The zero-order valence-corrected chi connectivity index (χ0v) is 13.6. The number of rotatable bonds is 5. The van der Waals surface area contributed by atoms with E-state index in [0.29, 0.717) is 12.5 Å². The van der Waals surface area contributed by atoms with E-state index < -0.39 is 5.41 Å². The van der Waals surface area contributed by atoms with E-state index >= 15 is 0 Å². The molecule has 1 unspecified atom stereocenters. The van der Waals surface area contributed by atoms with E-state index in [2.05, 4.69) is 16.0 Å². The van der Waals surface area contributed by atoms with Gasteiger partial charge in [0.05, 0.1) is 6.54 Å². The second-order valence-corrected chi connectivity index (χ2v) is 6.28. The van der Waals surface area contributed by atoms with Gasteiger partial charge in [0.25, 0.3) is 0 Å². The van der Waals surface area contributed by atoms with Gasteiger partial charge in [-0.25, -0.2) is 0 Å². The molecule has 0 saturated carbocycles. The Hall–Kier alpha value is -0.810. The molecule has 6 heteroatoms. The Bertz CT molecular complexity index is 310. The lowest BCUT2D eigenvalue weighted by atomic mass is 9.96. The normalized spacial score (nSPS) is 18.9. The van der Waals surface area contributed by atoms with E-state index in [1.165, 1.54) is 12.8 Å². The number of carbonyl (C=O) groups is 2. The van der Waals surface area contributed by atoms with Gasteiger partial charge in [0, 0.05) is 12.0 Å². The molecule has 0 aliphatic carbocycles. The highest BCUT2D eigenvalue weighted by Crippen LogP contribution is 2.13. The second-order valence-electron chi connectivity index (χ2n) is 6.28. The lowest BCUT2D eigenvalue weighted by Gasteiger charge is -2.22. The summed E-state index contributed by atoms with van der Waals surface area (Å²) in [5.41, 5.74) is -0.450. The fourth-order valence-electron chi connectivity index (χ4n) is 2.07. The van der Waals surface area contributed by atoms with Gasteiger partial charge in [0.2, 0.25) is 11.8 Å². The van der Waals surface area contributed by atoms with Crippen LogP contribution in [0.1, 0.15) is 40.0 Å². The molecule has 1 rings (SSSR count). The van der Waals surface area contributed by atoms with Gasteiger partial charge in [-0.3, -0.25) is 9.59 Å². The molecular weight excluding hydrogens is 278 g/mol. The van der Waals surface area contributed by atoms with Crippen LogP contribution in [0.2, 0.25) is 0 Å². The Morgan fingerprint density at radius 1 is 1.25 bits per heavy atom. The molecule has 0 aromatic heterocycles. The summed E-state index contributed by atoms with van der Waals surface area (Å²) in [7, 11) is 0. The highest BCUT2D eigenvalue weighted by Gasteiger charge is 2.21. The van der Waals surface area contributed by atoms with Crippen LogP contribution in [-0.4, -0.2) is 38.0 Å². The summed E-state index contributed by atoms with van der Waals surface area (Å²) in [5.74, 6) is 0.457. The van der Waals surface area contributed by atoms with Crippen molar-refractivity contribution >= 4 is 24.2 Å². The van der Waals surface area contributed by atoms with E-state index in [9.17, 15) is 9.59 Å². The molecule has 1 aliphatic rings. The topological polar surface area (TPSA) is 70.2 Å². The van der Waals surface area contributed by atoms with Crippen LogP contribution in [0.4, 0.5) is 0 Å². The molecule has 0 radical (unpaired) electrons. The van der Waals surface area contributed by atoms with Gasteiger partial charge >= 0.3 is 0 Å². The maximum atomic E-state index is 11.6. The highest BCUT2D eigenvalue weighted by atomic mass is 35.5. The predicted octanol–water partition coefficient (Wildman–Crippen LogP) is 1.08. The number of nitrogens with one attached hydrogen (secondary N) is 3. The third-order valence-corrected chi connectivity index (χ3v) is 3.36. The van der Waals surface area contributed by atoms with Crippen LogP contribution in [0.15, 0.2) is 0 Å². The third-order valence-electron chi connectivity index (χ3n) is 3.36. The average Bonchev–Trinajstić information content (AvgIpc) is 2.36. The second kappa shape index (κ2) is 9.19. The van der Waals surface area contributed by atoms with Crippen LogP contribution in [0.25, 0.3) is 0 Å². The summed E-state index contributed by atoms with van der Waals surface area (Å²) in [6, 6.07) is 0. The van der Waals surface area contributed by atoms with Gasteiger partial charge in [-0.2, -0.15) is 0 Å². The van der Waals surface area contributed by atoms with Crippen molar-refractivity contribution in [1.82, 2.24) is 16.0 Å². The molecule has 0 bridgehead atoms. The van der Waals surface area contributed by atoms with Crippen LogP contribution in [0, 0.1) is 11.3 Å². The van der Waals surface area contributed by atoms with Gasteiger partial charge in [0.1, 0.15) is 0 Å². The molecular formula is C14H28ClN3O2. The molecule has 1 fully saturated rings. The molecule has 1 aliphatic heterocycles. The average molecular weight is 306 g/mol. The van der Waals surface area contributed by atoms with Gasteiger partial charge in [-0.15, -0.1) is 12.4 Å². The van der Waals surface area contributed by atoms with Gasteiger partial charge < -0.3 is 16.0 Å². The Kier molecular flexibility index (Phi) is 8.81. The van der Waals surface area contributed by atoms with Crippen molar-refractivity contribution in [2.75, 3.05) is 26.2 Å². The molecule has 1 saturated heterocycles. The molecule has 0 spiro atoms. The maximum absolute atomic E-state index is 11.6. The van der Waals surface area contributed by atoms with E-state index in [4.69, 9.17) is 0 Å².